The van der Waals surface area contributed by atoms with Crippen LogP contribution in [-0.2, 0) is 9.53 Å². The molecular weight excluding hydrogens is 235 g/mol. The molecule has 2 atom stereocenters. The number of rotatable bonds is 4. The number of esters is 1. The van der Waals surface area contributed by atoms with Gasteiger partial charge in [0.2, 0.25) is 0 Å². The highest BCUT2D eigenvalue weighted by Crippen LogP contribution is 2.28. The van der Waals surface area contributed by atoms with Gasteiger partial charge in [0.25, 0.3) is 0 Å². The average molecular weight is 247 g/mol. The summed E-state index contributed by atoms with van der Waals surface area (Å²) in [5.74, 6) is -0.483. The van der Waals surface area contributed by atoms with Gasteiger partial charge in [-0.1, -0.05) is 30.3 Å². The van der Waals surface area contributed by atoms with Gasteiger partial charge in [-0.2, -0.15) is 0 Å². The third kappa shape index (κ3) is 3.40. The van der Waals surface area contributed by atoms with Crippen LogP contribution in [-0.4, -0.2) is 18.0 Å². The van der Waals surface area contributed by atoms with E-state index in [0.717, 1.165) is 5.56 Å². The first kappa shape index (κ1) is 12.3. The summed E-state index contributed by atoms with van der Waals surface area (Å²) in [6, 6.07) is 9.22. The van der Waals surface area contributed by atoms with Crippen molar-refractivity contribution < 1.29 is 9.53 Å². The van der Waals surface area contributed by atoms with E-state index in [1.165, 1.54) is 0 Å². The van der Waals surface area contributed by atoms with E-state index in [2.05, 4.69) is 0 Å². The van der Waals surface area contributed by atoms with Gasteiger partial charge in [0.05, 0.1) is 12.0 Å². The van der Waals surface area contributed by atoms with Crippen molar-refractivity contribution in [2.24, 2.45) is 0 Å². The molecule has 0 aromatic heterocycles. The van der Waals surface area contributed by atoms with Crippen molar-refractivity contribution in [3.63, 3.8) is 0 Å². The van der Waals surface area contributed by atoms with Gasteiger partial charge in [-0.15, -0.1) is 23.2 Å². The van der Waals surface area contributed by atoms with E-state index in [9.17, 15) is 4.79 Å². The predicted octanol–water partition coefficient (Wildman–Crippen LogP) is 3.14. The van der Waals surface area contributed by atoms with E-state index in [4.69, 9.17) is 27.9 Å². The molecule has 0 aliphatic rings. The lowest BCUT2D eigenvalue weighted by Gasteiger charge is -2.14. The number of alkyl halides is 2. The van der Waals surface area contributed by atoms with Crippen molar-refractivity contribution in [2.75, 3.05) is 6.61 Å². The quantitative estimate of drug-likeness (QED) is 0.603. The van der Waals surface area contributed by atoms with Crippen molar-refractivity contribution in [3.05, 3.63) is 35.9 Å². The minimum absolute atomic E-state index is 0.306. The normalized spacial score (nSPS) is 14.3. The molecule has 0 aliphatic carbocycles. The second-order valence-corrected chi connectivity index (χ2v) is 3.91. The molecule has 0 unspecified atom stereocenters. The zero-order chi connectivity index (χ0) is 11.3. The Hall–Kier alpha value is -0.730. The molecule has 0 spiro atoms. The molecule has 1 aromatic rings. The molecule has 82 valence electrons. The van der Waals surface area contributed by atoms with E-state index in [1.54, 1.807) is 6.92 Å². The maximum absolute atomic E-state index is 11.3. The third-order valence-electron chi connectivity index (χ3n) is 1.89. The summed E-state index contributed by atoms with van der Waals surface area (Å²) in [6.07, 6.45) is 0. The van der Waals surface area contributed by atoms with Gasteiger partial charge in [-0.25, -0.2) is 0 Å². The summed E-state index contributed by atoms with van der Waals surface area (Å²) in [7, 11) is 0. The summed E-state index contributed by atoms with van der Waals surface area (Å²) in [5, 5.41) is -1.42. The molecule has 0 saturated carbocycles. The Morgan fingerprint density at radius 2 is 1.93 bits per heavy atom. The number of hydrogen-bond acceptors (Lipinski definition) is 2. The first-order chi connectivity index (χ1) is 7.16. The topological polar surface area (TPSA) is 26.3 Å². The van der Waals surface area contributed by atoms with Crippen LogP contribution in [0.25, 0.3) is 0 Å². The van der Waals surface area contributed by atoms with Crippen LogP contribution in [0.3, 0.4) is 0 Å². The van der Waals surface area contributed by atoms with Gasteiger partial charge in [0, 0.05) is 0 Å². The van der Waals surface area contributed by atoms with Crippen LogP contribution in [0.1, 0.15) is 17.9 Å². The van der Waals surface area contributed by atoms with E-state index in [-0.39, 0.29) is 0 Å². The molecule has 0 radical (unpaired) electrons. The molecule has 0 N–H and O–H groups in total. The van der Waals surface area contributed by atoms with Gasteiger partial charge in [0.15, 0.2) is 5.38 Å². The van der Waals surface area contributed by atoms with Gasteiger partial charge in [0.1, 0.15) is 0 Å². The Morgan fingerprint density at radius 3 is 2.47 bits per heavy atom. The molecule has 0 amide bonds. The number of carbonyl (C=O) groups excluding carboxylic acids is 1. The lowest BCUT2D eigenvalue weighted by atomic mass is 10.1. The molecule has 1 aromatic carbocycles. The molecule has 0 heterocycles. The smallest absolute Gasteiger partial charge is 0.325 e. The summed E-state index contributed by atoms with van der Waals surface area (Å²) >= 11 is 11.9. The largest absolute Gasteiger partial charge is 0.465 e. The van der Waals surface area contributed by atoms with Crippen LogP contribution < -0.4 is 0 Å². The maximum atomic E-state index is 11.3. The molecule has 0 aliphatic heterocycles. The molecular formula is C11H12Cl2O2. The van der Waals surface area contributed by atoms with Crippen LogP contribution in [0.4, 0.5) is 0 Å². The van der Waals surface area contributed by atoms with Gasteiger partial charge < -0.3 is 4.74 Å². The minimum Gasteiger partial charge on any atom is -0.465 e. The molecule has 15 heavy (non-hydrogen) atoms. The fourth-order valence-electron chi connectivity index (χ4n) is 1.15. The highest BCUT2D eigenvalue weighted by Gasteiger charge is 2.26. The van der Waals surface area contributed by atoms with Crippen LogP contribution in [0.5, 0.6) is 0 Å². The first-order valence-electron chi connectivity index (χ1n) is 4.66. The summed E-state index contributed by atoms with van der Waals surface area (Å²) in [5.41, 5.74) is 0.812. The fraction of sp³-hybridized carbons (Fsp3) is 0.364. The Balaban J connectivity index is 2.68. The summed E-state index contributed by atoms with van der Waals surface area (Å²) in [4.78, 5) is 11.3. The predicted molar refractivity (Wildman–Crippen MR) is 61.3 cm³/mol. The Kier molecular flexibility index (Phi) is 4.92. The highest BCUT2D eigenvalue weighted by atomic mass is 35.5. The summed E-state index contributed by atoms with van der Waals surface area (Å²) in [6.45, 7) is 2.04. The van der Waals surface area contributed by atoms with Crippen LogP contribution >= 0.6 is 23.2 Å². The fourth-order valence-corrected chi connectivity index (χ4v) is 1.60. The van der Waals surface area contributed by atoms with Gasteiger partial charge >= 0.3 is 5.97 Å². The lowest BCUT2D eigenvalue weighted by Crippen LogP contribution is -2.22. The number of ether oxygens (including phenoxy) is 1. The molecule has 2 nitrogen and oxygen atoms in total. The molecule has 0 bridgehead atoms. The number of carbonyl (C=O) groups is 1. The molecule has 1 rings (SSSR count). The van der Waals surface area contributed by atoms with Crippen molar-refractivity contribution in [3.8, 4) is 0 Å². The maximum Gasteiger partial charge on any atom is 0.325 e. The third-order valence-corrected chi connectivity index (χ3v) is 2.95. The Bertz CT molecular complexity index is 314. The summed E-state index contributed by atoms with van der Waals surface area (Å²) < 4.78 is 4.79. The minimum atomic E-state index is -0.853. The number of halogens is 2. The van der Waals surface area contributed by atoms with Crippen molar-refractivity contribution in [1.82, 2.24) is 0 Å². The van der Waals surface area contributed by atoms with Crippen molar-refractivity contribution in [1.29, 1.82) is 0 Å². The first-order valence-corrected chi connectivity index (χ1v) is 5.53. The zero-order valence-corrected chi connectivity index (χ0v) is 9.83. The average Bonchev–Trinajstić information content (AvgIpc) is 2.28. The van der Waals surface area contributed by atoms with Crippen molar-refractivity contribution >= 4 is 29.2 Å². The zero-order valence-electron chi connectivity index (χ0n) is 8.32. The molecule has 0 fully saturated rings. The Morgan fingerprint density at radius 1 is 1.33 bits per heavy atom. The van der Waals surface area contributed by atoms with E-state index < -0.39 is 16.7 Å². The second-order valence-electron chi connectivity index (χ2n) is 2.97. The van der Waals surface area contributed by atoms with Crippen LogP contribution in [0.15, 0.2) is 30.3 Å². The highest BCUT2D eigenvalue weighted by molar-refractivity contribution is 6.36. The Labute approximate surface area is 99.1 Å². The number of hydrogen-bond donors (Lipinski definition) is 0. The lowest BCUT2D eigenvalue weighted by molar-refractivity contribution is -0.142. The second kappa shape index (κ2) is 5.99. The van der Waals surface area contributed by atoms with Crippen LogP contribution in [0, 0.1) is 0 Å². The van der Waals surface area contributed by atoms with Crippen molar-refractivity contribution in [2.45, 2.75) is 17.7 Å². The molecule has 0 saturated heterocycles. The standard InChI is InChI=1S/C11H12Cl2O2/c1-2-15-11(14)10(13)9(12)8-6-4-3-5-7-8/h3-7,9-10H,2H2,1H3/t9-,10-/m1/s1. The monoisotopic (exact) mass is 246 g/mol. The molecule has 4 heteroatoms. The van der Waals surface area contributed by atoms with E-state index >= 15 is 0 Å². The van der Waals surface area contributed by atoms with E-state index in [1.807, 2.05) is 30.3 Å². The number of benzene rings is 1. The van der Waals surface area contributed by atoms with Gasteiger partial charge in [-0.05, 0) is 12.5 Å². The van der Waals surface area contributed by atoms with Crippen LogP contribution in [0.2, 0.25) is 0 Å². The SMILES string of the molecule is CCOC(=O)[C@H](Cl)[C@H](Cl)c1ccccc1. The van der Waals surface area contributed by atoms with Gasteiger partial charge in [-0.3, -0.25) is 4.79 Å². The van der Waals surface area contributed by atoms with E-state index in [0.29, 0.717) is 6.61 Å².